The maximum absolute atomic E-state index is 6.00. The molecular formula is C17H38N2O3. The topological polar surface area (TPSA) is 79.7 Å². The summed E-state index contributed by atoms with van der Waals surface area (Å²) < 4.78 is 17.3. The summed E-state index contributed by atoms with van der Waals surface area (Å²) in [6, 6.07) is 0. The van der Waals surface area contributed by atoms with E-state index in [0.29, 0.717) is 26.4 Å². The Morgan fingerprint density at radius 3 is 2.14 bits per heavy atom. The molecule has 0 spiro atoms. The normalized spacial score (nSPS) is 15.8. The lowest BCUT2D eigenvalue weighted by Crippen LogP contribution is -2.37. The smallest absolute Gasteiger partial charge is 0.0651 e. The molecule has 0 amide bonds. The molecule has 0 saturated heterocycles. The van der Waals surface area contributed by atoms with Gasteiger partial charge in [0.25, 0.3) is 0 Å². The Balaban J connectivity index is 3.93. The number of rotatable bonds is 13. The van der Waals surface area contributed by atoms with E-state index in [1.807, 2.05) is 13.8 Å². The molecule has 4 N–H and O–H groups in total. The Labute approximate surface area is 137 Å². The Kier molecular flexibility index (Phi) is 10.5. The fraction of sp³-hybridized carbons (Fsp3) is 1.00. The van der Waals surface area contributed by atoms with E-state index in [-0.39, 0.29) is 23.3 Å². The fourth-order valence-electron chi connectivity index (χ4n) is 2.29. The Hall–Kier alpha value is -0.200. The number of nitrogens with two attached hydrogens (primary N) is 2. The highest BCUT2D eigenvalue weighted by molar-refractivity contribution is 4.76. The van der Waals surface area contributed by atoms with E-state index >= 15 is 0 Å². The molecule has 5 nitrogen and oxygen atoms in total. The van der Waals surface area contributed by atoms with Crippen LogP contribution >= 0.6 is 0 Å². The van der Waals surface area contributed by atoms with Gasteiger partial charge in [-0.2, -0.15) is 0 Å². The van der Waals surface area contributed by atoms with E-state index in [1.165, 1.54) is 0 Å². The summed E-state index contributed by atoms with van der Waals surface area (Å²) in [6.07, 6.45) is 2.90. The zero-order valence-electron chi connectivity index (χ0n) is 15.5. The molecule has 0 bridgehead atoms. The van der Waals surface area contributed by atoms with Crippen molar-refractivity contribution in [2.75, 3.05) is 26.4 Å². The van der Waals surface area contributed by atoms with Gasteiger partial charge in [0.15, 0.2) is 0 Å². The Morgan fingerprint density at radius 1 is 0.955 bits per heavy atom. The molecule has 0 heterocycles. The van der Waals surface area contributed by atoms with Crippen molar-refractivity contribution in [1.29, 1.82) is 0 Å². The average molecular weight is 319 g/mol. The van der Waals surface area contributed by atoms with Crippen LogP contribution in [0.25, 0.3) is 0 Å². The zero-order chi connectivity index (χ0) is 17.2. The van der Waals surface area contributed by atoms with Gasteiger partial charge < -0.3 is 25.7 Å². The van der Waals surface area contributed by atoms with Gasteiger partial charge in [-0.05, 0) is 54.4 Å². The number of hydrogen-bond donors (Lipinski definition) is 2. The van der Waals surface area contributed by atoms with Crippen LogP contribution in [-0.4, -0.2) is 49.7 Å². The van der Waals surface area contributed by atoms with Crippen LogP contribution in [0.1, 0.15) is 60.8 Å². The summed E-state index contributed by atoms with van der Waals surface area (Å²) in [5, 5.41) is 0. The molecule has 0 saturated carbocycles. The predicted octanol–water partition coefficient (Wildman–Crippen LogP) is 2.46. The minimum Gasteiger partial charge on any atom is -0.380 e. The van der Waals surface area contributed by atoms with Gasteiger partial charge in [0.1, 0.15) is 0 Å². The summed E-state index contributed by atoms with van der Waals surface area (Å²) >= 11 is 0. The average Bonchev–Trinajstić information content (AvgIpc) is 2.31. The van der Waals surface area contributed by atoms with Gasteiger partial charge in [-0.3, -0.25) is 0 Å². The molecule has 0 aromatic heterocycles. The lowest BCUT2D eigenvalue weighted by Gasteiger charge is -2.31. The van der Waals surface area contributed by atoms with E-state index in [2.05, 4.69) is 27.7 Å². The predicted molar refractivity (Wildman–Crippen MR) is 92.0 cm³/mol. The molecule has 0 radical (unpaired) electrons. The van der Waals surface area contributed by atoms with Crippen molar-refractivity contribution in [2.45, 2.75) is 84.2 Å². The lowest BCUT2D eigenvalue weighted by atomic mass is 10.00. The standard InChI is InChI=1S/C17H38N2O3/c1-14(7-10-20-12-9-18)22-15(2)13-17(5,6)21-11-8-16(3,4)19/h14-15H,7-13,18-19H2,1-6H3. The van der Waals surface area contributed by atoms with E-state index in [0.717, 1.165) is 19.3 Å². The Bertz CT molecular complexity index is 278. The highest BCUT2D eigenvalue weighted by atomic mass is 16.5. The molecule has 22 heavy (non-hydrogen) atoms. The third kappa shape index (κ3) is 13.5. The second-order valence-electron chi connectivity index (χ2n) is 7.50. The van der Waals surface area contributed by atoms with Gasteiger partial charge in [-0.1, -0.05) is 0 Å². The Morgan fingerprint density at radius 2 is 1.59 bits per heavy atom. The molecular weight excluding hydrogens is 280 g/mol. The van der Waals surface area contributed by atoms with Crippen LogP contribution in [0, 0.1) is 0 Å². The quantitative estimate of drug-likeness (QED) is 0.510. The summed E-state index contributed by atoms with van der Waals surface area (Å²) in [4.78, 5) is 0. The summed E-state index contributed by atoms with van der Waals surface area (Å²) in [5.74, 6) is 0. The van der Waals surface area contributed by atoms with E-state index in [9.17, 15) is 0 Å². The van der Waals surface area contributed by atoms with Crippen molar-refractivity contribution < 1.29 is 14.2 Å². The van der Waals surface area contributed by atoms with Crippen molar-refractivity contribution in [3.63, 3.8) is 0 Å². The number of ether oxygens (including phenoxy) is 3. The van der Waals surface area contributed by atoms with Gasteiger partial charge in [0.05, 0.1) is 24.4 Å². The van der Waals surface area contributed by atoms with Gasteiger partial charge in [0.2, 0.25) is 0 Å². The summed E-state index contributed by atoms with van der Waals surface area (Å²) in [7, 11) is 0. The van der Waals surface area contributed by atoms with Crippen LogP contribution in [-0.2, 0) is 14.2 Å². The van der Waals surface area contributed by atoms with Crippen LogP contribution in [0.4, 0.5) is 0 Å². The first-order chi connectivity index (χ1) is 10.1. The highest BCUT2D eigenvalue weighted by Crippen LogP contribution is 2.21. The highest BCUT2D eigenvalue weighted by Gasteiger charge is 2.24. The first-order valence-electron chi connectivity index (χ1n) is 8.42. The summed E-state index contributed by atoms with van der Waals surface area (Å²) in [6.45, 7) is 15.0. The number of hydrogen-bond acceptors (Lipinski definition) is 5. The molecule has 134 valence electrons. The van der Waals surface area contributed by atoms with Gasteiger partial charge in [-0.25, -0.2) is 0 Å². The maximum Gasteiger partial charge on any atom is 0.0651 e. The largest absolute Gasteiger partial charge is 0.380 e. The maximum atomic E-state index is 6.00. The van der Waals surface area contributed by atoms with Crippen molar-refractivity contribution in [3.8, 4) is 0 Å². The molecule has 0 aromatic rings. The molecule has 0 aromatic carbocycles. The molecule has 0 rings (SSSR count). The van der Waals surface area contributed by atoms with Crippen LogP contribution in [0.5, 0.6) is 0 Å². The fourth-order valence-corrected chi connectivity index (χ4v) is 2.29. The van der Waals surface area contributed by atoms with Gasteiger partial charge in [0, 0.05) is 31.7 Å². The first-order valence-corrected chi connectivity index (χ1v) is 8.42. The van der Waals surface area contributed by atoms with Gasteiger partial charge >= 0.3 is 0 Å². The zero-order valence-corrected chi connectivity index (χ0v) is 15.5. The van der Waals surface area contributed by atoms with Crippen LogP contribution in [0.15, 0.2) is 0 Å². The molecule has 2 atom stereocenters. The second-order valence-corrected chi connectivity index (χ2v) is 7.50. The molecule has 0 aliphatic carbocycles. The molecule has 0 aliphatic rings. The van der Waals surface area contributed by atoms with Crippen LogP contribution < -0.4 is 11.5 Å². The third-order valence-electron chi connectivity index (χ3n) is 3.41. The first kappa shape index (κ1) is 21.8. The molecule has 0 aliphatic heterocycles. The molecule has 2 unspecified atom stereocenters. The van der Waals surface area contributed by atoms with E-state index in [4.69, 9.17) is 25.7 Å². The second kappa shape index (κ2) is 10.6. The van der Waals surface area contributed by atoms with Gasteiger partial charge in [-0.15, -0.1) is 0 Å². The van der Waals surface area contributed by atoms with Crippen molar-refractivity contribution in [3.05, 3.63) is 0 Å². The van der Waals surface area contributed by atoms with Crippen molar-refractivity contribution in [1.82, 2.24) is 0 Å². The summed E-state index contributed by atoms with van der Waals surface area (Å²) in [5.41, 5.74) is 11.0. The third-order valence-corrected chi connectivity index (χ3v) is 3.41. The van der Waals surface area contributed by atoms with E-state index in [1.54, 1.807) is 0 Å². The van der Waals surface area contributed by atoms with Crippen molar-refractivity contribution in [2.24, 2.45) is 11.5 Å². The lowest BCUT2D eigenvalue weighted by molar-refractivity contribution is -0.0824. The minimum absolute atomic E-state index is 0.144. The minimum atomic E-state index is -0.208. The molecule has 5 heteroatoms. The molecule has 0 fully saturated rings. The van der Waals surface area contributed by atoms with Crippen LogP contribution in [0.2, 0.25) is 0 Å². The SMILES string of the molecule is CC(CCOCCN)OC(C)CC(C)(C)OCCC(C)(C)N. The van der Waals surface area contributed by atoms with E-state index < -0.39 is 0 Å². The van der Waals surface area contributed by atoms with Crippen LogP contribution in [0.3, 0.4) is 0 Å². The van der Waals surface area contributed by atoms with Crippen molar-refractivity contribution >= 4 is 0 Å². The monoisotopic (exact) mass is 318 g/mol.